The molecule has 160 valence electrons. The molecular weight excluding hydrogens is 440 g/mol. The van der Waals surface area contributed by atoms with Gasteiger partial charge in [0, 0.05) is 16.7 Å². The van der Waals surface area contributed by atoms with Crippen LogP contribution in [0.5, 0.6) is 0 Å². The van der Waals surface area contributed by atoms with Crippen molar-refractivity contribution in [3.8, 4) is 0 Å². The summed E-state index contributed by atoms with van der Waals surface area (Å²) in [6, 6.07) is 7.85. The molecule has 2 aromatic carbocycles. The van der Waals surface area contributed by atoms with Gasteiger partial charge >= 0.3 is 6.03 Å². The minimum atomic E-state index is -4.33. The zero-order chi connectivity index (χ0) is 22.5. The number of sulfonamides is 1. The highest BCUT2D eigenvalue weighted by atomic mass is 35.5. The van der Waals surface area contributed by atoms with E-state index in [2.05, 4.69) is 0 Å². The van der Waals surface area contributed by atoms with Gasteiger partial charge in [-0.2, -0.15) is 0 Å². The van der Waals surface area contributed by atoms with Gasteiger partial charge in [-0.15, -0.1) is 0 Å². The van der Waals surface area contributed by atoms with Gasteiger partial charge in [0.15, 0.2) is 0 Å². The number of carbonyl (C=O) groups excluding carboxylic acids is 2. The number of halogens is 1. The van der Waals surface area contributed by atoms with E-state index in [0.29, 0.717) is 0 Å². The van der Waals surface area contributed by atoms with Crippen molar-refractivity contribution in [2.45, 2.75) is 24.4 Å². The van der Waals surface area contributed by atoms with Crippen molar-refractivity contribution in [2.24, 2.45) is 0 Å². The first-order valence-electron chi connectivity index (χ1n) is 8.32. The summed E-state index contributed by atoms with van der Waals surface area (Å²) in [6.45, 7) is 0.739. The molecule has 0 aliphatic rings. The number of nitrogens with zero attached hydrogens (tertiary/aromatic N) is 2. The summed E-state index contributed by atoms with van der Waals surface area (Å²) in [5.41, 5.74) is 1.09. The molecule has 0 aromatic heterocycles. The zero-order valence-electron chi connectivity index (χ0n) is 15.5. The van der Waals surface area contributed by atoms with E-state index in [1.54, 1.807) is 4.72 Å². The number of hydrogen-bond donors (Lipinski definition) is 3. The maximum atomic E-state index is 12.7. The first-order valence-corrected chi connectivity index (χ1v) is 10.2. The molecule has 0 bridgehead atoms. The fraction of sp³-hybridized carbons (Fsp3) is 0.176. The van der Waals surface area contributed by atoms with E-state index in [-0.39, 0.29) is 21.2 Å². The molecule has 0 radical (unpaired) electrons. The Labute approximate surface area is 176 Å². The van der Waals surface area contributed by atoms with Crippen molar-refractivity contribution < 1.29 is 28.1 Å². The second-order valence-electron chi connectivity index (χ2n) is 6.03. The van der Waals surface area contributed by atoms with Gasteiger partial charge in [0.2, 0.25) is 0 Å². The lowest BCUT2D eigenvalue weighted by Crippen LogP contribution is -2.51. The van der Waals surface area contributed by atoms with E-state index < -0.39 is 39.5 Å². The van der Waals surface area contributed by atoms with Crippen LogP contribution in [0.3, 0.4) is 0 Å². The topological polar surface area (TPSA) is 159 Å². The molecule has 0 unspecified atom stereocenters. The summed E-state index contributed by atoms with van der Waals surface area (Å²) in [5, 5.41) is 20.4. The van der Waals surface area contributed by atoms with Crippen molar-refractivity contribution in [1.29, 1.82) is 0 Å². The molecule has 0 aliphatic carbocycles. The Morgan fingerprint density at radius 2 is 1.80 bits per heavy atom. The molecule has 3 amide bonds. The lowest BCUT2D eigenvalue weighted by Gasteiger charge is -2.27. The Morgan fingerprint density at radius 1 is 1.20 bits per heavy atom. The van der Waals surface area contributed by atoms with Gasteiger partial charge in [-0.05, 0) is 31.2 Å². The molecule has 0 heterocycles. The molecule has 2 rings (SSSR count). The number of amides is 3. The molecule has 2 aromatic rings. The number of nitrogens with one attached hydrogen (secondary N) is 2. The SMILES string of the molecule is C[C@@H](C(=O)NO)N(Cc1ccccc1[N+](=O)[O-])C(=O)NS(=O)(=O)c1ccc(Cl)cc1. The highest BCUT2D eigenvalue weighted by Gasteiger charge is 2.31. The van der Waals surface area contributed by atoms with Crippen LogP contribution in [0, 0.1) is 10.1 Å². The lowest BCUT2D eigenvalue weighted by molar-refractivity contribution is -0.385. The molecule has 11 nitrogen and oxygen atoms in total. The van der Waals surface area contributed by atoms with Crippen molar-refractivity contribution in [1.82, 2.24) is 15.1 Å². The molecule has 30 heavy (non-hydrogen) atoms. The number of rotatable bonds is 7. The third-order valence-electron chi connectivity index (χ3n) is 4.09. The summed E-state index contributed by atoms with van der Waals surface area (Å²) in [7, 11) is -4.33. The number of para-hydroxylation sites is 1. The van der Waals surface area contributed by atoms with Gasteiger partial charge in [-0.25, -0.2) is 23.4 Å². The molecule has 0 spiro atoms. The quantitative estimate of drug-likeness (QED) is 0.326. The van der Waals surface area contributed by atoms with Gasteiger partial charge in [0.1, 0.15) is 6.04 Å². The predicted octanol–water partition coefficient (Wildman–Crippen LogP) is 2.04. The molecule has 3 N–H and O–H groups in total. The highest BCUT2D eigenvalue weighted by molar-refractivity contribution is 7.90. The average Bonchev–Trinajstić information content (AvgIpc) is 2.70. The summed E-state index contributed by atoms with van der Waals surface area (Å²) < 4.78 is 26.8. The fourth-order valence-corrected chi connectivity index (χ4v) is 3.56. The molecule has 13 heteroatoms. The number of carbonyl (C=O) groups is 2. The smallest absolute Gasteiger partial charge is 0.308 e. The Kier molecular flexibility index (Phi) is 7.32. The Bertz CT molecular complexity index is 1060. The van der Waals surface area contributed by atoms with Gasteiger partial charge in [-0.3, -0.25) is 20.1 Å². The van der Waals surface area contributed by atoms with Crippen LogP contribution < -0.4 is 10.2 Å². The summed E-state index contributed by atoms with van der Waals surface area (Å²) in [4.78, 5) is 35.6. The van der Waals surface area contributed by atoms with Crippen molar-refractivity contribution in [2.75, 3.05) is 0 Å². The van der Waals surface area contributed by atoms with E-state index in [0.717, 1.165) is 4.90 Å². The third kappa shape index (κ3) is 5.43. The summed E-state index contributed by atoms with van der Waals surface area (Å²) >= 11 is 5.73. The second-order valence-corrected chi connectivity index (χ2v) is 8.15. The van der Waals surface area contributed by atoms with E-state index in [1.807, 2.05) is 0 Å². The number of urea groups is 1. The molecule has 0 aliphatic heterocycles. The zero-order valence-corrected chi connectivity index (χ0v) is 17.1. The maximum absolute atomic E-state index is 12.7. The average molecular weight is 457 g/mol. The standard InChI is InChI=1S/C17H17ClN4O7S/c1-11(16(23)19-25)21(10-12-4-2-3-5-15(12)22(26)27)17(24)20-30(28,29)14-8-6-13(18)7-9-14/h2-9,11,25H,10H2,1H3,(H,19,23)(H,20,24)/t11-/m0/s1. The number of hydrogen-bond acceptors (Lipinski definition) is 7. The third-order valence-corrected chi connectivity index (χ3v) is 5.68. The minimum absolute atomic E-state index is 0.0548. The summed E-state index contributed by atoms with van der Waals surface area (Å²) in [6.07, 6.45) is 0. The van der Waals surface area contributed by atoms with E-state index in [1.165, 1.54) is 60.9 Å². The van der Waals surface area contributed by atoms with E-state index >= 15 is 0 Å². The molecule has 1 atom stereocenters. The van der Waals surface area contributed by atoms with Crippen LogP contribution in [0.4, 0.5) is 10.5 Å². The molecule has 0 fully saturated rings. The first-order chi connectivity index (χ1) is 14.1. The Morgan fingerprint density at radius 3 is 2.37 bits per heavy atom. The largest absolute Gasteiger partial charge is 0.332 e. The van der Waals surface area contributed by atoms with Crippen LogP contribution in [0.2, 0.25) is 5.02 Å². The fourth-order valence-electron chi connectivity index (χ4n) is 2.47. The highest BCUT2D eigenvalue weighted by Crippen LogP contribution is 2.21. The monoisotopic (exact) mass is 456 g/mol. The Hall–Kier alpha value is -3.22. The second kappa shape index (κ2) is 9.52. The Balaban J connectivity index is 2.37. The van der Waals surface area contributed by atoms with Crippen LogP contribution in [-0.2, 0) is 21.4 Å². The van der Waals surface area contributed by atoms with Crippen LogP contribution >= 0.6 is 11.6 Å². The van der Waals surface area contributed by atoms with Crippen molar-refractivity contribution in [3.05, 3.63) is 69.2 Å². The van der Waals surface area contributed by atoms with Crippen LogP contribution in [0.1, 0.15) is 12.5 Å². The van der Waals surface area contributed by atoms with Crippen LogP contribution in [0.15, 0.2) is 53.4 Å². The number of nitro benzene ring substituents is 1. The van der Waals surface area contributed by atoms with E-state index in [4.69, 9.17) is 16.8 Å². The van der Waals surface area contributed by atoms with Gasteiger partial charge < -0.3 is 4.90 Å². The normalized spacial score (nSPS) is 12.0. The maximum Gasteiger partial charge on any atom is 0.332 e. The summed E-state index contributed by atoms with van der Waals surface area (Å²) in [5.74, 6) is -1.02. The lowest BCUT2D eigenvalue weighted by atomic mass is 10.1. The van der Waals surface area contributed by atoms with Crippen LogP contribution in [0.25, 0.3) is 0 Å². The van der Waals surface area contributed by atoms with E-state index in [9.17, 15) is 28.1 Å². The predicted molar refractivity (Wildman–Crippen MR) is 105 cm³/mol. The van der Waals surface area contributed by atoms with Crippen LogP contribution in [-0.4, -0.2) is 41.4 Å². The van der Waals surface area contributed by atoms with Gasteiger partial charge in [0.05, 0.1) is 16.4 Å². The molecule has 0 saturated heterocycles. The molecular formula is C17H17ClN4O7S. The first kappa shape index (κ1) is 23.1. The van der Waals surface area contributed by atoms with Crippen molar-refractivity contribution in [3.63, 3.8) is 0 Å². The minimum Gasteiger partial charge on any atom is -0.308 e. The van der Waals surface area contributed by atoms with Gasteiger partial charge in [-0.1, -0.05) is 29.8 Å². The number of hydroxylamine groups is 1. The van der Waals surface area contributed by atoms with Gasteiger partial charge in [0.25, 0.3) is 21.6 Å². The molecule has 0 saturated carbocycles. The number of benzene rings is 2. The number of nitro groups is 1. The van der Waals surface area contributed by atoms with Crippen molar-refractivity contribution >= 4 is 39.2 Å².